The van der Waals surface area contributed by atoms with Gasteiger partial charge in [0.05, 0.1) is 20.1 Å². The van der Waals surface area contributed by atoms with E-state index in [9.17, 15) is 9.59 Å². The number of piperazine rings is 1. The van der Waals surface area contributed by atoms with Gasteiger partial charge in [0.1, 0.15) is 11.4 Å². The predicted octanol–water partition coefficient (Wildman–Crippen LogP) is 3.88. The van der Waals surface area contributed by atoms with Crippen LogP contribution in [0.25, 0.3) is 0 Å². The van der Waals surface area contributed by atoms with Crippen molar-refractivity contribution in [2.24, 2.45) is 5.92 Å². The molecule has 0 atom stereocenters. The van der Waals surface area contributed by atoms with Crippen LogP contribution in [0, 0.1) is 5.92 Å². The molecule has 7 heteroatoms. The van der Waals surface area contributed by atoms with E-state index in [-0.39, 0.29) is 18.5 Å². The van der Waals surface area contributed by atoms with Gasteiger partial charge in [0.15, 0.2) is 0 Å². The molecule has 0 unspecified atom stereocenters. The van der Waals surface area contributed by atoms with Crippen LogP contribution in [0.3, 0.4) is 0 Å². The summed E-state index contributed by atoms with van der Waals surface area (Å²) < 4.78 is 16.3. The third-order valence-corrected chi connectivity index (χ3v) is 5.07. The maximum Gasteiger partial charge on any atom is 0.410 e. The van der Waals surface area contributed by atoms with Gasteiger partial charge in [0.25, 0.3) is 0 Å². The summed E-state index contributed by atoms with van der Waals surface area (Å²) in [5.74, 6) is 1.16. The van der Waals surface area contributed by atoms with Crippen molar-refractivity contribution < 1.29 is 23.8 Å². The van der Waals surface area contributed by atoms with E-state index in [2.05, 4.69) is 18.7 Å². The highest BCUT2D eigenvalue weighted by Gasteiger charge is 2.26. The van der Waals surface area contributed by atoms with Crippen LogP contribution in [0.2, 0.25) is 0 Å². The fourth-order valence-electron chi connectivity index (χ4n) is 3.31. The maximum absolute atomic E-state index is 12.3. The third-order valence-electron chi connectivity index (χ3n) is 5.07. The number of nitrogens with zero attached hydrogens (tertiary/aromatic N) is 2. The Kier molecular flexibility index (Phi) is 9.16. The number of rotatable bonds is 8. The van der Waals surface area contributed by atoms with Crippen molar-refractivity contribution in [2.75, 3.05) is 39.9 Å². The summed E-state index contributed by atoms with van der Waals surface area (Å²) >= 11 is 0. The Morgan fingerprint density at radius 2 is 1.77 bits per heavy atom. The second-order valence-electron chi connectivity index (χ2n) is 9.47. The zero-order valence-corrected chi connectivity index (χ0v) is 19.9. The van der Waals surface area contributed by atoms with E-state index >= 15 is 0 Å². The Hall–Kier alpha value is -2.28. The molecule has 0 N–H and O–H groups in total. The molecule has 1 aromatic rings. The number of esters is 1. The van der Waals surface area contributed by atoms with Crippen molar-refractivity contribution in [2.45, 2.75) is 59.6 Å². The van der Waals surface area contributed by atoms with Gasteiger partial charge in [-0.1, -0.05) is 26.0 Å². The summed E-state index contributed by atoms with van der Waals surface area (Å²) in [5, 5.41) is 0. The number of hydrogen-bond acceptors (Lipinski definition) is 6. The summed E-state index contributed by atoms with van der Waals surface area (Å²) in [6.07, 6.45) is 0.963. The first-order valence-electron chi connectivity index (χ1n) is 11.1. The summed E-state index contributed by atoms with van der Waals surface area (Å²) in [6.45, 7) is 14.1. The van der Waals surface area contributed by atoms with E-state index in [0.717, 1.165) is 36.4 Å². The second kappa shape index (κ2) is 11.4. The molecule has 0 aromatic heterocycles. The molecule has 0 radical (unpaired) electrons. The highest BCUT2D eigenvalue weighted by Crippen LogP contribution is 2.24. The van der Waals surface area contributed by atoms with Crippen LogP contribution in [-0.2, 0) is 27.2 Å². The van der Waals surface area contributed by atoms with Gasteiger partial charge in [-0.3, -0.25) is 9.69 Å². The predicted molar refractivity (Wildman–Crippen MR) is 120 cm³/mol. The number of hydrogen-bond donors (Lipinski definition) is 0. The number of benzene rings is 1. The Bertz CT molecular complexity index is 734. The van der Waals surface area contributed by atoms with E-state index in [1.54, 1.807) is 4.90 Å². The van der Waals surface area contributed by atoms with E-state index in [4.69, 9.17) is 14.2 Å². The van der Waals surface area contributed by atoms with Gasteiger partial charge in [0.2, 0.25) is 0 Å². The Morgan fingerprint density at radius 3 is 2.35 bits per heavy atom. The highest BCUT2D eigenvalue weighted by molar-refractivity contribution is 5.72. The lowest BCUT2D eigenvalue weighted by Crippen LogP contribution is -2.49. The number of ether oxygens (including phenoxy) is 3. The molecule has 7 nitrogen and oxygen atoms in total. The van der Waals surface area contributed by atoms with Crippen LogP contribution >= 0.6 is 0 Å². The molecule has 0 aliphatic carbocycles. The number of methoxy groups -OCH3 is 1. The van der Waals surface area contributed by atoms with E-state index in [1.807, 2.05) is 39.0 Å². The molecule has 31 heavy (non-hydrogen) atoms. The van der Waals surface area contributed by atoms with E-state index < -0.39 is 5.60 Å². The van der Waals surface area contributed by atoms with Crippen LogP contribution in [0.15, 0.2) is 18.2 Å². The number of amides is 1. The van der Waals surface area contributed by atoms with Crippen molar-refractivity contribution in [3.8, 4) is 5.75 Å². The molecule has 1 saturated heterocycles. The maximum atomic E-state index is 12.3. The van der Waals surface area contributed by atoms with E-state index in [0.29, 0.717) is 32.2 Å². The summed E-state index contributed by atoms with van der Waals surface area (Å²) in [7, 11) is 1.40. The normalized spacial score (nSPS) is 15.1. The van der Waals surface area contributed by atoms with Gasteiger partial charge in [-0.15, -0.1) is 0 Å². The van der Waals surface area contributed by atoms with Crippen LogP contribution in [0.4, 0.5) is 4.79 Å². The Labute approximate surface area is 186 Å². The quantitative estimate of drug-likeness (QED) is 0.579. The van der Waals surface area contributed by atoms with E-state index in [1.165, 1.54) is 7.11 Å². The summed E-state index contributed by atoms with van der Waals surface area (Å²) in [6, 6.07) is 5.90. The largest absolute Gasteiger partial charge is 0.493 e. The molecule has 174 valence electrons. The van der Waals surface area contributed by atoms with Gasteiger partial charge in [-0.05, 0) is 44.7 Å². The number of carbonyl (C=O) groups is 2. The average Bonchev–Trinajstić information content (AvgIpc) is 2.68. The number of carbonyl (C=O) groups excluding carboxylic acids is 2. The molecule has 0 bridgehead atoms. The van der Waals surface area contributed by atoms with Crippen molar-refractivity contribution in [1.29, 1.82) is 0 Å². The van der Waals surface area contributed by atoms with Gasteiger partial charge in [-0.25, -0.2) is 4.79 Å². The molecule has 1 aliphatic heterocycles. The Morgan fingerprint density at radius 1 is 1.10 bits per heavy atom. The van der Waals surface area contributed by atoms with Gasteiger partial charge in [0, 0.05) is 38.3 Å². The molecule has 1 aliphatic rings. The molecular formula is C24H38N2O5. The van der Waals surface area contributed by atoms with Crippen molar-refractivity contribution >= 4 is 12.1 Å². The first-order valence-corrected chi connectivity index (χ1v) is 11.1. The summed E-state index contributed by atoms with van der Waals surface area (Å²) in [4.78, 5) is 28.1. The van der Waals surface area contributed by atoms with Crippen LogP contribution < -0.4 is 4.74 Å². The molecule has 2 rings (SSSR count). The van der Waals surface area contributed by atoms with Crippen molar-refractivity contribution in [3.63, 3.8) is 0 Å². The molecular weight excluding hydrogens is 396 g/mol. The summed E-state index contributed by atoms with van der Waals surface area (Å²) in [5.41, 5.74) is 1.47. The van der Waals surface area contributed by atoms with Crippen LogP contribution in [0.1, 0.15) is 52.2 Å². The molecule has 1 aromatic carbocycles. The minimum atomic E-state index is -0.490. The molecule has 1 fully saturated rings. The van der Waals surface area contributed by atoms with Crippen molar-refractivity contribution in [3.05, 3.63) is 29.3 Å². The lowest BCUT2D eigenvalue weighted by molar-refractivity contribution is -0.139. The lowest BCUT2D eigenvalue weighted by Gasteiger charge is -2.35. The fraction of sp³-hybridized carbons (Fsp3) is 0.667. The topological polar surface area (TPSA) is 68.3 Å². The minimum absolute atomic E-state index is 0.238. The average molecular weight is 435 g/mol. The standard InChI is InChI=1S/C24H38N2O5/c1-18(2)9-14-30-21-8-7-19(16-22(27)29-6)15-20(21)17-25-10-12-26(13-11-25)23(28)31-24(3,4)5/h7-8,15,18H,9-14,16-17H2,1-6H3. The zero-order valence-electron chi connectivity index (χ0n) is 19.9. The highest BCUT2D eigenvalue weighted by atomic mass is 16.6. The van der Waals surface area contributed by atoms with Gasteiger partial charge in [-0.2, -0.15) is 0 Å². The minimum Gasteiger partial charge on any atom is -0.493 e. The monoisotopic (exact) mass is 434 g/mol. The van der Waals surface area contributed by atoms with Crippen LogP contribution in [0.5, 0.6) is 5.75 Å². The molecule has 0 spiro atoms. The van der Waals surface area contributed by atoms with Gasteiger partial charge < -0.3 is 19.1 Å². The SMILES string of the molecule is COC(=O)Cc1ccc(OCCC(C)C)c(CN2CCN(C(=O)OC(C)(C)C)CC2)c1. The molecule has 1 heterocycles. The smallest absolute Gasteiger partial charge is 0.410 e. The first-order chi connectivity index (χ1) is 14.6. The Balaban J connectivity index is 2.03. The lowest BCUT2D eigenvalue weighted by atomic mass is 10.1. The first kappa shape index (κ1) is 25.0. The molecule has 0 saturated carbocycles. The van der Waals surface area contributed by atoms with Crippen LogP contribution in [-0.4, -0.2) is 67.4 Å². The second-order valence-corrected chi connectivity index (χ2v) is 9.47. The fourth-order valence-corrected chi connectivity index (χ4v) is 3.31. The third kappa shape index (κ3) is 8.77. The molecule has 1 amide bonds. The van der Waals surface area contributed by atoms with Gasteiger partial charge >= 0.3 is 12.1 Å². The van der Waals surface area contributed by atoms with Crippen molar-refractivity contribution in [1.82, 2.24) is 9.80 Å². The zero-order chi connectivity index (χ0) is 23.0.